The van der Waals surface area contributed by atoms with Gasteiger partial charge in [0.05, 0.1) is 0 Å². The van der Waals surface area contributed by atoms with Gasteiger partial charge in [0.2, 0.25) is 11.6 Å². The highest BCUT2D eigenvalue weighted by Crippen LogP contribution is 2.29. The average Bonchev–Trinajstić information content (AvgIpc) is 2.36. The molecule has 0 saturated heterocycles. The molecule has 1 aliphatic rings. The molecule has 0 saturated carbocycles. The predicted molar refractivity (Wildman–Crippen MR) is 66.9 cm³/mol. The number of hydrogen-bond donors (Lipinski definition) is 0. The molecule has 82 valence electrons. The van der Waals surface area contributed by atoms with Crippen molar-refractivity contribution >= 4 is 28.4 Å². The summed E-state index contributed by atoms with van der Waals surface area (Å²) in [6, 6.07) is 11.5. The summed E-state index contributed by atoms with van der Waals surface area (Å²) in [5.41, 5.74) is 1.89. The zero-order valence-corrected chi connectivity index (χ0v) is 9.36. The van der Waals surface area contributed by atoms with E-state index in [1.165, 1.54) is 0 Å². The first kappa shape index (κ1) is 9.97. The molecule has 0 N–H and O–H groups in total. The van der Waals surface area contributed by atoms with E-state index in [1.807, 2.05) is 30.3 Å². The Labute approximate surface area is 98.6 Å². The first-order valence-corrected chi connectivity index (χ1v) is 5.47. The number of allylic oxidation sites excluding steroid dienone is 1. The fraction of sp³-hybridized carbons (Fsp3) is 0.0667. The van der Waals surface area contributed by atoms with Crippen LogP contribution in [0, 0.1) is 0 Å². The summed E-state index contributed by atoms with van der Waals surface area (Å²) in [6.45, 7) is 1.69. The highest BCUT2D eigenvalue weighted by Gasteiger charge is 2.25. The zero-order valence-electron chi connectivity index (χ0n) is 9.36. The van der Waals surface area contributed by atoms with Gasteiger partial charge in [-0.3, -0.25) is 9.59 Å². The van der Waals surface area contributed by atoms with Crippen LogP contribution in [0.4, 0.5) is 0 Å². The highest BCUT2D eigenvalue weighted by molar-refractivity contribution is 6.52. The Bertz CT molecular complexity index is 693. The van der Waals surface area contributed by atoms with Gasteiger partial charge >= 0.3 is 0 Å². The van der Waals surface area contributed by atoms with Crippen molar-refractivity contribution in [1.82, 2.24) is 0 Å². The van der Waals surface area contributed by atoms with Crippen molar-refractivity contribution < 1.29 is 9.59 Å². The van der Waals surface area contributed by atoms with E-state index in [0.717, 1.165) is 16.3 Å². The molecule has 0 bridgehead atoms. The highest BCUT2D eigenvalue weighted by atomic mass is 16.2. The van der Waals surface area contributed by atoms with Crippen LogP contribution in [0.25, 0.3) is 16.8 Å². The lowest BCUT2D eigenvalue weighted by atomic mass is 9.87. The summed E-state index contributed by atoms with van der Waals surface area (Å²) in [5.74, 6) is -0.793. The molecule has 2 nitrogen and oxygen atoms in total. The van der Waals surface area contributed by atoms with Crippen molar-refractivity contribution in [1.29, 1.82) is 0 Å². The van der Waals surface area contributed by atoms with Crippen LogP contribution < -0.4 is 0 Å². The first-order chi connectivity index (χ1) is 8.18. The summed E-state index contributed by atoms with van der Waals surface area (Å²) < 4.78 is 0. The Hall–Kier alpha value is -2.22. The van der Waals surface area contributed by atoms with Crippen LogP contribution in [0.2, 0.25) is 0 Å². The molecule has 1 aliphatic carbocycles. The molecule has 0 heterocycles. The average molecular weight is 222 g/mol. The number of hydrogen-bond acceptors (Lipinski definition) is 2. The van der Waals surface area contributed by atoms with Gasteiger partial charge < -0.3 is 0 Å². The third kappa shape index (κ3) is 1.34. The van der Waals surface area contributed by atoms with Crippen molar-refractivity contribution in [2.24, 2.45) is 0 Å². The molecule has 3 rings (SSSR count). The molecule has 0 unspecified atom stereocenters. The molecule has 17 heavy (non-hydrogen) atoms. The van der Waals surface area contributed by atoms with Crippen LogP contribution in [0.5, 0.6) is 0 Å². The van der Waals surface area contributed by atoms with Crippen molar-refractivity contribution in [2.75, 3.05) is 0 Å². The molecule has 0 aliphatic heterocycles. The molecule has 0 fully saturated rings. The number of rotatable bonds is 0. The number of carbonyl (C=O) groups excluding carboxylic acids is 2. The topological polar surface area (TPSA) is 34.1 Å². The standard InChI is InChI=1S/C15H10O2/c1-9-8-13-11-5-3-2-4-10(11)6-7-12(13)15(17)14(9)16/h2-8H,1H3. The second-order valence-corrected chi connectivity index (χ2v) is 4.23. The van der Waals surface area contributed by atoms with Gasteiger partial charge in [0.1, 0.15) is 0 Å². The monoisotopic (exact) mass is 222 g/mol. The van der Waals surface area contributed by atoms with Crippen LogP contribution in [0.15, 0.2) is 42.0 Å². The Morgan fingerprint density at radius 1 is 0.882 bits per heavy atom. The quantitative estimate of drug-likeness (QED) is 0.642. The van der Waals surface area contributed by atoms with Gasteiger partial charge in [-0.05, 0) is 35.4 Å². The maximum atomic E-state index is 11.9. The molecular weight excluding hydrogens is 212 g/mol. The van der Waals surface area contributed by atoms with Crippen LogP contribution >= 0.6 is 0 Å². The first-order valence-electron chi connectivity index (χ1n) is 5.47. The fourth-order valence-electron chi connectivity index (χ4n) is 2.23. The van der Waals surface area contributed by atoms with Crippen LogP contribution in [-0.2, 0) is 4.79 Å². The molecule has 0 spiro atoms. The minimum absolute atomic E-state index is 0.396. The van der Waals surface area contributed by atoms with Crippen molar-refractivity contribution in [3.8, 4) is 0 Å². The lowest BCUT2D eigenvalue weighted by molar-refractivity contribution is -0.111. The lowest BCUT2D eigenvalue weighted by Crippen LogP contribution is -2.20. The number of fused-ring (bicyclic) bond motifs is 3. The van der Waals surface area contributed by atoms with E-state index in [4.69, 9.17) is 0 Å². The van der Waals surface area contributed by atoms with Gasteiger partial charge in [-0.2, -0.15) is 0 Å². The van der Waals surface area contributed by atoms with Crippen LogP contribution in [0.3, 0.4) is 0 Å². The van der Waals surface area contributed by atoms with Gasteiger partial charge in [0, 0.05) is 11.1 Å². The second kappa shape index (κ2) is 3.39. The third-order valence-corrected chi connectivity index (χ3v) is 3.14. The number of benzene rings is 2. The van der Waals surface area contributed by atoms with Gasteiger partial charge in [-0.25, -0.2) is 0 Å². The molecule has 2 heteroatoms. The number of Topliss-reactive ketones (excluding diaryl/α,β-unsaturated/α-hetero) is 2. The van der Waals surface area contributed by atoms with E-state index in [9.17, 15) is 9.59 Å². The normalized spacial score (nSPS) is 14.8. The predicted octanol–water partition coefficient (Wildman–Crippen LogP) is 3.01. The van der Waals surface area contributed by atoms with E-state index >= 15 is 0 Å². The van der Waals surface area contributed by atoms with Crippen LogP contribution in [0.1, 0.15) is 22.8 Å². The fourth-order valence-corrected chi connectivity index (χ4v) is 2.23. The second-order valence-electron chi connectivity index (χ2n) is 4.23. The molecule has 0 atom stereocenters. The van der Waals surface area contributed by atoms with E-state index in [0.29, 0.717) is 11.1 Å². The van der Waals surface area contributed by atoms with E-state index < -0.39 is 11.6 Å². The van der Waals surface area contributed by atoms with Crippen LogP contribution in [-0.4, -0.2) is 11.6 Å². The Balaban J connectivity index is 2.44. The summed E-state index contributed by atoms with van der Waals surface area (Å²) in [5, 5.41) is 2.10. The molecular formula is C15H10O2. The summed E-state index contributed by atoms with van der Waals surface area (Å²) in [7, 11) is 0. The molecule has 0 radical (unpaired) electrons. The molecule has 2 aromatic carbocycles. The minimum atomic E-state index is -0.397. The molecule has 2 aromatic rings. The number of ketones is 2. The maximum absolute atomic E-state index is 11.9. The summed E-state index contributed by atoms with van der Waals surface area (Å²) >= 11 is 0. The summed E-state index contributed by atoms with van der Waals surface area (Å²) in [6.07, 6.45) is 1.81. The largest absolute Gasteiger partial charge is 0.285 e. The molecule has 0 aromatic heterocycles. The Morgan fingerprint density at radius 3 is 2.47 bits per heavy atom. The van der Waals surface area contributed by atoms with Gasteiger partial charge in [-0.15, -0.1) is 0 Å². The van der Waals surface area contributed by atoms with Crippen molar-refractivity contribution in [3.05, 3.63) is 53.1 Å². The van der Waals surface area contributed by atoms with E-state index in [2.05, 4.69) is 0 Å². The SMILES string of the molecule is CC1=Cc2c(ccc3ccccc23)C(=O)C1=O. The van der Waals surface area contributed by atoms with Crippen molar-refractivity contribution in [3.63, 3.8) is 0 Å². The number of carbonyl (C=O) groups is 2. The maximum Gasteiger partial charge on any atom is 0.233 e. The van der Waals surface area contributed by atoms with E-state index in [-0.39, 0.29) is 0 Å². The van der Waals surface area contributed by atoms with Gasteiger partial charge in [0.25, 0.3) is 0 Å². The zero-order chi connectivity index (χ0) is 12.0. The Morgan fingerprint density at radius 2 is 1.65 bits per heavy atom. The lowest BCUT2D eigenvalue weighted by Gasteiger charge is -2.14. The molecule has 0 amide bonds. The van der Waals surface area contributed by atoms with Crippen molar-refractivity contribution in [2.45, 2.75) is 6.92 Å². The van der Waals surface area contributed by atoms with Gasteiger partial charge in [-0.1, -0.05) is 30.3 Å². The van der Waals surface area contributed by atoms with E-state index in [1.54, 1.807) is 19.1 Å². The van der Waals surface area contributed by atoms with Gasteiger partial charge in [0.15, 0.2) is 0 Å². The third-order valence-electron chi connectivity index (χ3n) is 3.14. The minimum Gasteiger partial charge on any atom is -0.285 e. The summed E-state index contributed by atoms with van der Waals surface area (Å²) in [4.78, 5) is 23.5. The smallest absolute Gasteiger partial charge is 0.233 e. The Kier molecular flexibility index (Phi) is 1.99.